The molecule has 27 heavy (non-hydrogen) atoms. The molecule has 2 aromatic carbocycles. The Morgan fingerprint density at radius 1 is 1.07 bits per heavy atom. The summed E-state index contributed by atoms with van der Waals surface area (Å²) in [4.78, 5) is 12.6. The number of benzene rings is 2. The van der Waals surface area contributed by atoms with E-state index in [-0.39, 0.29) is 12.5 Å². The van der Waals surface area contributed by atoms with E-state index in [4.69, 9.17) is 14.2 Å². The molecule has 2 aromatic rings. The summed E-state index contributed by atoms with van der Waals surface area (Å²) in [6, 6.07) is 10.7. The molecule has 0 aliphatic heterocycles. The van der Waals surface area contributed by atoms with E-state index in [1.165, 1.54) is 7.11 Å². The summed E-state index contributed by atoms with van der Waals surface area (Å²) in [6.45, 7) is 0.138. The van der Waals surface area contributed by atoms with Gasteiger partial charge in [-0.05, 0) is 60.7 Å². The van der Waals surface area contributed by atoms with Crippen molar-refractivity contribution in [2.75, 3.05) is 27.9 Å². The van der Waals surface area contributed by atoms with Crippen LogP contribution in [0.25, 0.3) is 0 Å². The molecular formula is C21H25NO5. The lowest BCUT2D eigenvalue weighted by Gasteiger charge is -2.35. The van der Waals surface area contributed by atoms with E-state index in [9.17, 15) is 9.90 Å². The second-order valence-corrected chi connectivity index (χ2v) is 6.66. The monoisotopic (exact) mass is 371 g/mol. The molecule has 0 fully saturated rings. The van der Waals surface area contributed by atoms with Gasteiger partial charge in [0.15, 0.2) is 11.5 Å². The molecule has 144 valence electrons. The average Bonchev–Trinajstić information content (AvgIpc) is 2.71. The van der Waals surface area contributed by atoms with E-state index >= 15 is 0 Å². The number of fused-ring (bicyclic) bond motifs is 1. The Kier molecular flexibility index (Phi) is 5.56. The van der Waals surface area contributed by atoms with Gasteiger partial charge < -0.3 is 24.6 Å². The number of carbonyl (C=O) groups excluding carboxylic acids is 1. The maximum atomic E-state index is 12.6. The van der Waals surface area contributed by atoms with E-state index in [1.54, 1.807) is 32.4 Å². The number of aliphatic hydroxyl groups is 1. The number of methoxy groups -OCH3 is 3. The smallest absolute Gasteiger partial charge is 0.251 e. The minimum Gasteiger partial charge on any atom is -0.497 e. The molecular weight excluding hydrogens is 346 g/mol. The first-order valence-electron chi connectivity index (χ1n) is 8.91. The fraction of sp³-hybridized carbons (Fsp3) is 0.381. The van der Waals surface area contributed by atoms with Crippen molar-refractivity contribution in [1.29, 1.82) is 0 Å². The highest BCUT2D eigenvalue weighted by Crippen LogP contribution is 2.36. The Labute approximate surface area is 159 Å². The molecule has 1 amide bonds. The standard InChI is InChI=1S/C21H25NO5/c1-25-16-7-8-17-14(11-16)5-4-10-21(17,24)13-22-20(23)15-6-9-18(26-2)19(12-15)27-3/h6-9,11-12,24H,4-5,10,13H2,1-3H3,(H,22,23). The van der Waals surface area contributed by atoms with Gasteiger partial charge in [0.05, 0.1) is 27.9 Å². The third kappa shape index (κ3) is 3.85. The topological polar surface area (TPSA) is 77.0 Å². The molecule has 3 rings (SSSR count). The molecule has 1 aliphatic rings. The fourth-order valence-electron chi connectivity index (χ4n) is 3.55. The van der Waals surface area contributed by atoms with Gasteiger partial charge in [0.1, 0.15) is 11.4 Å². The molecule has 1 unspecified atom stereocenters. The summed E-state index contributed by atoms with van der Waals surface area (Å²) >= 11 is 0. The van der Waals surface area contributed by atoms with E-state index in [0.29, 0.717) is 23.5 Å². The van der Waals surface area contributed by atoms with Gasteiger partial charge in [-0.3, -0.25) is 4.79 Å². The average molecular weight is 371 g/mol. The van der Waals surface area contributed by atoms with E-state index in [2.05, 4.69) is 5.32 Å². The molecule has 0 saturated heterocycles. The first-order chi connectivity index (χ1) is 13.0. The Hall–Kier alpha value is -2.73. The molecule has 1 aliphatic carbocycles. The number of amides is 1. The summed E-state index contributed by atoms with van der Waals surface area (Å²) in [5, 5.41) is 14.0. The van der Waals surface area contributed by atoms with Gasteiger partial charge in [-0.25, -0.2) is 0 Å². The zero-order valence-corrected chi connectivity index (χ0v) is 15.9. The highest BCUT2D eigenvalue weighted by Gasteiger charge is 2.35. The Morgan fingerprint density at radius 3 is 2.56 bits per heavy atom. The maximum absolute atomic E-state index is 12.6. The molecule has 0 bridgehead atoms. The van der Waals surface area contributed by atoms with Crippen molar-refractivity contribution in [3.63, 3.8) is 0 Å². The molecule has 0 saturated carbocycles. The molecule has 6 heteroatoms. The van der Waals surface area contributed by atoms with Crippen LogP contribution in [0.4, 0.5) is 0 Å². The van der Waals surface area contributed by atoms with E-state index < -0.39 is 5.60 Å². The van der Waals surface area contributed by atoms with Crippen LogP contribution in [0.2, 0.25) is 0 Å². The van der Waals surface area contributed by atoms with Gasteiger partial charge in [-0.15, -0.1) is 0 Å². The van der Waals surface area contributed by atoms with Crippen molar-refractivity contribution in [3.8, 4) is 17.2 Å². The van der Waals surface area contributed by atoms with E-state index in [1.807, 2.05) is 18.2 Å². The lowest BCUT2D eigenvalue weighted by atomic mass is 9.79. The van der Waals surface area contributed by atoms with Crippen molar-refractivity contribution in [2.45, 2.75) is 24.9 Å². The molecule has 0 radical (unpaired) electrons. The van der Waals surface area contributed by atoms with Gasteiger partial charge in [-0.1, -0.05) is 6.07 Å². The molecule has 6 nitrogen and oxygen atoms in total. The Bertz CT molecular complexity index is 835. The first kappa shape index (κ1) is 19.0. The Balaban J connectivity index is 1.76. The lowest BCUT2D eigenvalue weighted by molar-refractivity contribution is 0.0189. The van der Waals surface area contributed by atoms with Crippen LogP contribution >= 0.6 is 0 Å². The van der Waals surface area contributed by atoms with Gasteiger partial charge in [-0.2, -0.15) is 0 Å². The third-order valence-corrected chi connectivity index (χ3v) is 5.04. The van der Waals surface area contributed by atoms with Crippen LogP contribution in [0.3, 0.4) is 0 Å². The molecule has 2 N–H and O–H groups in total. The van der Waals surface area contributed by atoms with Crippen LogP contribution in [-0.2, 0) is 12.0 Å². The number of hydrogen-bond acceptors (Lipinski definition) is 5. The SMILES string of the molecule is COc1ccc2c(c1)CCCC2(O)CNC(=O)c1ccc(OC)c(OC)c1. The highest BCUT2D eigenvalue weighted by atomic mass is 16.5. The zero-order chi connectivity index (χ0) is 19.4. The summed E-state index contributed by atoms with van der Waals surface area (Å²) in [5.74, 6) is 1.54. The van der Waals surface area contributed by atoms with Crippen molar-refractivity contribution in [1.82, 2.24) is 5.32 Å². The fourth-order valence-corrected chi connectivity index (χ4v) is 3.55. The second kappa shape index (κ2) is 7.88. The van der Waals surface area contributed by atoms with Crippen LogP contribution in [0, 0.1) is 0 Å². The summed E-state index contributed by atoms with van der Waals surface area (Å²) in [6.07, 6.45) is 2.33. The van der Waals surface area contributed by atoms with Gasteiger partial charge in [0.25, 0.3) is 5.91 Å². The second-order valence-electron chi connectivity index (χ2n) is 6.66. The number of ether oxygens (including phenoxy) is 3. The number of carbonyl (C=O) groups is 1. The number of hydrogen-bond donors (Lipinski definition) is 2. The highest BCUT2D eigenvalue weighted by molar-refractivity contribution is 5.95. The predicted molar refractivity (Wildman–Crippen MR) is 102 cm³/mol. The number of rotatable bonds is 6. The summed E-state index contributed by atoms with van der Waals surface area (Å²) in [7, 11) is 4.69. The zero-order valence-electron chi connectivity index (χ0n) is 15.9. The summed E-state index contributed by atoms with van der Waals surface area (Å²) < 4.78 is 15.7. The predicted octanol–water partition coefficient (Wildman–Crippen LogP) is 2.67. The normalized spacial score (nSPS) is 18.4. The van der Waals surface area contributed by atoms with Crippen LogP contribution in [0.5, 0.6) is 17.2 Å². The maximum Gasteiger partial charge on any atom is 0.251 e. The van der Waals surface area contributed by atoms with Gasteiger partial charge in [0.2, 0.25) is 0 Å². The van der Waals surface area contributed by atoms with Crippen molar-refractivity contribution < 1.29 is 24.1 Å². The first-order valence-corrected chi connectivity index (χ1v) is 8.91. The molecule has 0 heterocycles. The van der Waals surface area contributed by atoms with Gasteiger partial charge >= 0.3 is 0 Å². The van der Waals surface area contributed by atoms with Crippen molar-refractivity contribution in [2.24, 2.45) is 0 Å². The molecule has 1 atom stereocenters. The van der Waals surface area contributed by atoms with Crippen LogP contribution in [0.15, 0.2) is 36.4 Å². The number of nitrogens with one attached hydrogen (secondary N) is 1. The minimum absolute atomic E-state index is 0.138. The van der Waals surface area contributed by atoms with E-state index in [0.717, 1.165) is 29.7 Å². The molecule has 0 spiro atoms. The van der Waals surface area contributed by atoms with Crippen LogP contribution in [0.1, 0.15) is 34.3 Å². The van der Waals surface area contributed by atoms with Crippen LogP contribution < -0.4 is 19.5 Å². The Morgan fingerprint density at radius 2 is 1.85 bits per heavy atom. The largest absolute Gasteiger partial charge is 0.497 e. The van der Waals surface area contributed by atoms with Crippen molar-refractivity contribution in [3.05, 3.63) is 53.1 Å². The quantitative estimate of drug-likeness (QED) is 0.816. The third-order valence-electron chi connectivity index (χ3n) is 5.04. The van der Waals surface area contributed by atoms with Gasteiger partial charge in [0, 0.05) is 5.56 Å². The molecule has 0 aromatic heterocycles. The van der Waals surface area contributed by atoms with Crippen LogP contribution in [-0.4, -0.2) is 38.9 Å². The van der Waals surface area contributed by atoms with Crippen molar-refractivity contribution >= 4 is 5.91 Å². The summed E-state index contributed by atoms with van der Waals surface area (Å²) in [5.41, 5.74) is 1.26. The minimum atomic E-state index is -1.09. The number of aryl methyl sites for hydroxylation is 1. The lowest BCUT2D eigenvalue weighted by Crippen LogP contribution is -2.43.